The van der Waals surface area contributed by atoms with Crippen molar-refractivity contribution in [2.24, 2.45) is 0 Å². The predicted octanol–water partition coefficient (Wildman–Crippen LogP) is 5.11. The summed E-state index contributed by atoms with van der Waals surface area (Å²) in [6.45, 7) is 4.30. The number of fused-ring (bicyclic) bond motifs is 2. The molecule has 0 saturated heterocycles. The normalized spacial score (nSPS) is 20.1. The molecule has 1 atom stereocenters. The molecule has 10 heteroatoms. The van der Waals surface area contributed by atoms with Gasteiger partial charge in [0.25, 0.3) is 15.7 Å². The Morgan fingerprint density at radius 2 is 1.85 bits per heavy atom. The number of non-ortho nitro benzene ring substituents is 1. The van der Waals surface area contributed by atoms with Crippen LogP contribution in [-0.2, 0) is 21.9 Å². The summed E-state index contributed by atoms with van der Waals surface area (Å²) < 4.78 is 35.0. The van der Waals surface area contributed by atoms with Crippen LogP contribution in [0.3, 0.4) is 0 Å². The van der Waals surface area contributed by atoms with Gasteiger partial charge in [0.15, 0.2) is 5.72 Å². The average Bonchev–Trinajstić information content (AvgIpc) is 3.25. The summed E-state index contributed by atoms with van der Waals surface area (Å²) >= 11 is 6.05. The summed E-state index contributed by atoms with van der Waals surface area (Å²) in [6.07, 6.45) is 0.549. The molecule has 3 aromatic carbocycles. The molecule has 1 N–H and O–H groups in total. The largest absolute Gasteiger partial charge is 0.466 e. The lowest BCUT2D eigenvalue weighted by molar-refractivity contribution is -0.385. The number of likely N-dealkylation sites (N-methyl/N-ethyl adjacent to an activating group) is 1. The first-order chi connectivity index (χ1) is 16.0. The lowest BCUT2D eigenvalue weighted by Gasteiger charge is -2.42. The number of hydrogen-bond donors (Lipinski definition) is 1. The highest BCUT2D eigenvalue weighted by molar-refractivity contribution is 7.92. The summed E-state index contributed by atoms with van der Waals surface area (Å²) in [5.41, 5.74) is 2.12. The number of rotatable bonds is 4. The van der Waals surface area contributed by atoms with Crippen LogP contribution in [0, 0.1) is 10.1 Å². The second-order valence-corrected chi connectivity index (χ2v) is 11.1. The molecule has 1 spiro atoms. The highest BCUT2D eigenvalue weighted by Gasteiger charge is 2.60. The zero-order chi connectivity index (χ0) is 24.5. The molecule has 0 fully saturated rings. The third kappa shape index (κ3) is 3.14. The third-order valence-electron chi connectivity index (χ3n) is 6.89. The first kappa shape index (κ1) is 22.5. The van der Waals surface area contributed by atoms with Gasteiger partial charge < -0.3 is 9.64 Å². The van der Waals surface area contributed by atoms with Gasteiger partial charge in [-0.05, 0) is 49.7 Å². The molecule has 3 aromatic rings. The lowest BCUT2D eigenvalue weighted by atomic mass is 9.76. The van der Waals surface area contributed by atoms with E-state index in [0.717, 1.165) is 23.4 Å². The van der Waals surface area contributed by atoms with Gasteiger partial charge >= 0.3 is 0 Å². The van der Waals surface area contributed by atoms with Crippen molar-refractivity contribution in [3.05, 3.63) is 86.9 Å². The van der Waals surface area contributed by atoms with Crippen molar-refractivity contribution < 1.29 is 18.1 Å². The number of nitrogens with zero attached hydrogens (tertiary/aromatic N) is 2. The molecule has 2 aliphatic rings. The molecular weight excluding hydrogens is 478 g/mol. The van der Waals surface area contributed by atoms with Crippen LogP contribution >= 0.6 is 11.6 Å². The van der Waals surface area contributed by atoms with Crippen molar-refractivity contribution >= 4 is 38.7 Å². The Morgan fingerprint density at radius 3 is 2.56 bits per heavy atom. The Labute approximate surface area is 202 Å². The second-order valence-electron chi connectivity index (χ2n) is 9.06. The van der Waals surface area contributed by atoms with Gasteiger partial charge in [0, 0.05) is 42.5 Å². The molecule has 8 nitrogen and oxygen atoms in total. The molecule has 0 aliphatic carbocycles. The SMILES string of the molecule is CN1c2ccccc2C(C)(C)[C@@]12Cc1cc(NS(=O)(=O)c3cc([N+](=O)[O-])ccc3Cl)ccc1O2. The van der Waals surface area contributed by atoms with E-state index < -0.39 is 20.7 Å². The molecule has 0 unspecified atom stereocenters. The maximum atomic E-state index is 13.0. The minimum absolute atomic E-state index is 0.103. The Hall–Kier alpha value is -3.30. The van der Waals surface area contributed by atoms with Gasteiger partial charge in [-0.3, -0.25) is 14.8 Å². The molecule has 176 valence electrons. The monoisotopic (exact) mass is 499 g/mol. The molecule has 0 radical (unpaired) electrons. The van der Waals surface area contributed by atoms with Crippen LogP contribution in [-0.4, -0.2) is 26.1 Å². The summed E-state index contributed by atoms with van der Waals surface area (Å²) in [6, 6.07) is 16.6. The van der Waals surface area contributed by atoms with Crippen LogP contribution in [0.15, 0.2) is 65.6 Å². The van der Waals surface area contributed by atoms with Gasteiger partial charge in [-0.1, -0.05) is 29.8 Å². The molecule has 5 rings (SSSR count). The summed E-state index contributed by atoms with van der Waals surface area (Å²) in [5, 5.41) is 11.0. The fraction of sp³-hybridized carbons (Fsp3) is 0.250. The summed E-state index contributed by atoms with van der Waals surface area (Å²) in [5.74, 6) is 0.684. The number of halogens is 1. The zero-order valence-corrected chi connectivity index (χ0v) is 20.3. The van der Waals surface area contributed by atoms with Crippen LogP contribution in [0.4, 0.5) is 17.1 Å². The number of ether oxygens (including phenoxy) is 1. The number of hydrogen-bond acceptors (Lipinski definition) is 6. The lowest BCUT2D eigenvalue weighted by Crippen LogP contribution is -2.58. The van der Waals surface area contributed by atoms with E-state index in [9.17, 15) is 18.5 Å². The van der Waals surface area contributed by atoms with Crippen LogP contribution in [0.25, 0.3) is 0 Å². The Kier molecular flexibility index (Phi) is 4.86. The Bertz CT molecular complexity index is 1460. The summed E-state index contributed by atoms with van der Waals surface area (Å²) in [4.78, 5) is 12.2. The molecule has 2 heterocycles. The fourth-order valence-corrected chi connectivity index (χ4v) is 6.60. The summed E-state index contributed by atoms with van der Waals surface area (Å²) in [7, 11) is -2.15. The molecule has 0 amide bonds. The number of nitro groups is 1. The quantitative estimate of drug-likeness (QED) is 0.395. The van der Waals surface area contributed by atoms with Gasteiger partial charge in [0.05, 0.1) is 15.4 Å². The highest BCUT2D eigenvalue weighted by Crippen LogP contribution is 2.56. The van der Waals surface area contributed by atoms with E-state index in [4.69, 9.17) is 16.3 Å². The maximum Gasteiger partial charge on any atom is 0.270 e. The van der Waals surface area contributed by atoms with Crippen molar-refractivity contribution in [1.29, 1.82) is 0 Å². The van der Waals surface area contributed by atoms with Gasteiger partial charge in [0.1, 0.15) is 10.6 Å². The topological polar surface area (TPSA) is 102 Å². The Balaban J connectivity index is 1.47. The minimum Gasteiger partial charge on any atom is -0.466 e. The number of nitrogens with one attached hydrogen (secondary N) is 1. The maximum absolute atomic E-state index is 13.0. The van der Waals surface area contributed by atoms with Crippen LogP contribution in [0.2, 0.25) is 5.02 Å². The second kappa shape index (κ2) is 7.35. The van der Waals surface area contributed by atoms with E-state index in [0.29, 0.717) is 17.9 Å². The molecule has 0 saturated carbocycles. The van der Waals surface area contributed by atoms with Gasteiger partial charge in [-0.2, -0.15) is 0 Å². The van der Waals surface area contributed by atoms with Crippen molar-refractivity contribution in [1.82, 2.24) is 0 Å². The van der Waals surface area contributed by atoms with Gasteiger partial charge in [0.2, 0.25) is 0 Å². The predicted molar refractivity (Wildman–Crippen MR) is 130 cm³/mol. The first-order valence-corrected chi connectivity index (χ1v) is 12.4. The number of sulfonamides is 1. The zero-order valence-electron chi connectivity index (χ0n) is 18.7. The van der Waals surface area contributed by atoms with E-state index in [1.807, 2.05) is 19.2 Å². The van der Waals surface area contributed by atoms with Gasteiger partial charge in [-0.15, -0.1) is 0 Å². The highest BCUT2D eigenvalue weighted by atomic mass is 35.5. The molecule has 0 aromatic heterocycles. The van der Waals surface area contributed by atoms with E-state index in [-0.39, 0.29) is 21.0 Å². The van der Waals surface area contributed by atoms with E-state index in [1.54, 1.807) is 18.2 Å². The van der Waals surface area contributed by atoms with Gasteiger partial charge in [-0.25, -0.2) is 8.42 Å². The average molecular weight is 500 g/mol. The van der Waals surface area contributed by atoms with Crippen molar-refractivity contribution in [3.63, 3.8) is 0 Å². The van der Waals surface area contributed by atoms with Crippen molar-refractivity contribution in [2.75, 3.05) is 16.7 Å². The standard InChI is InChI=1S/C24H22ClN3O5S/c1-23(2)18-6-4-5-7-20(18)27(3)24(23)14-15-12-16(8-11-21(15)33-24)26-34(31,32)22-13-17(28(29)30)9-10-19(22)25/h4-13,26H,14H2,1-3H3/t24-/m0/s1. The number of benzene rings is 3. The van der Waals surface area contributed by atoms with Crippen molar-refractivity contribution in [3.8, 4) is 5.75 Å². The van der Waals surface area contributed by atoms with Crippen LogP contribution < -0.4 is 14.4 Å². The number of anilines is 2. The fourth-order valence-electron chi connectivity index (χ4n) is 5.03. The Morgan fingerprint density at radius 1 is 1.12 bits per heavy atom. The molecule has 2 aliphatic heterocycles. The van der Waals surface area contributed by atoms with Crippen molar-refractivity contribution in [2.45, 2.75) is 36.3 Å². The third-order valence-corrected chi connectivity index (χ3v) is 8.76. The smallest absolute Gasteiger partial charge is 0.270 e. The molecular formula is C24H22ClN3O5S. The van der Waals surface area contributed by atoms with Crippen LogP contribution in [0.1, 0.15) is 25.0 Å². The van der Waals surface area contributed by atoms with E-state index in [1.165, 1.54) is 11.6 Å². The minimum atomic E-state index is -4.16. The molecule has 34 heavy (non-hydrogen) atoms. The van der Waals surface area contributed by atoms with E-state index in [2.05, 4.69) is 35.6 Å². The number of nitro benzene ring substituents is 1. The number of para-hydroxylation sites is 1. The van der Waals surface area contributed by atoms with E-state index >= 15 is 0 Å². The van der Waals surface area contributed by atoms with Crippen LogP contribution in [0.5, 0.6) is 5.75 Å². The molecule has 0 bridgehead atoms. The first-order valence-electron chi connectivity index (χ1n) is 10.6.